The Morgan fingerprint density at radius 1 is 1.33 bits per heavy atom. The summed E-state index contributed by atoms with van der Waals surface area (Å²) in [6, 6.07) is 7.35. The molecular weight excluding hydrogens is 230 g/mol. The topological polar surface area (TPSA) is 59.3 Å². The summed E-state index contributed by atoms with van der Waals surface area (Å²) in [7, 11) is 0. The number of ketones is 1. The molecule has 3 rings (SSSR count). The lowest BCUT2D eigenvalue weighted by atomic mass is 10.0. The molecule has 1 heterocycles. The van der Waals surface area contributed by atoms with Gasteiger partial charge in [-0.05, 0) is 36.6 Å². The molecule has 1 saturated carbocycles. The first-order chi connectivity index (χ1) is 8.78. The van der Waals surface area contributed by atoms with E-state index in [-0.39, 0.29) is 24.1 Å². The normalized spacial score (nSPS) is 17.4. The van der Waals surface area contributed by atoms with Gasteiger partial charge in [0.05, 0.1) is 5.57 Å². The van der Waals surface area contributed by atoms with Crippen LogP contribution in [0.3, 0.4) is 0 Å². The van der Waals surface area contributed by atoms with Gasteiger partial charge in [0.15, 0.2) is 17.3 Å². The number of nitriles is 1. The summed E-state index contributed by atoms with van der Waals surface area (Å²) >= 11 is 0. The fourth-order valence-electron chi connectivity index (χ4n) is 1.89. The van der Waals surface area contributed by atoms with Crippen molar-refractivity contribution in [3.8, 4) is 17.6 Å². The highest BCUT2D eigenvalue weighted by molar-refractivity contribution is 6.05. The molecule has 4 heteroatoms. The molecule has 0 saturated heterocycles. The van der Waals surface area contributed by atoms with E-state index in [0.29, 0.717) is 11.5 Å². The Bertz CT molecular complexity index is 579. The van der Waals surface area contributed by atoms with Gasteiger partial charge in [-0.15, -0.1) is 0 Å². The first-order valence-corrected chi connectivity index (χ1v) is 5.83. The van der Waals surface area contributed by atoms with Crippen LogP contribution in [0.25, 0.3) is 6.08 Å². The Hall–Kier alpha value is -2.28. The molecule has 1 aliphatic heterocycles. The Morgan fingerprint density at radius 3 is 2.83 bits per heavy atom. The summed E-state index contributed by atoms with van der Waals surface area (Å²) in [6.07, 6.45) is 3.42. The van der Waals surface area contributed by atoms with Crippen LogP contribution in [0.15, 0.2) is 23.8 Å². The fraction of sp³-hybridized carbons (Fsp3) is 0.286. The summed E-state index contributed by atoms with van der Waals surface area (Å²) in [6.45, 7) is 0.217. The zero-order chi connectivity index (χ0) is 12.5. The van der Waals surface area contributed by atoms with Crippen LogP contribution < -0.4 is 9.47 Å². The number of allylic oxidation sites excluding steroid dienone is 1. The first-order valence-electron chi connectivity index (χ1n) is 5.83. The molecule has 90 valence electrons. The monoisotopic (exact) mass is 241 g/mol. The van der Waals surface area contributed by atoms with Crippen LogP contribution in [0, 0.1) is 17.2 Å². The van der Waals surface area contributed by atoms with Crippen LogP contribution in [-0.2, 0) is 4.79 Å². The summed E-state index contributed by atoms with van der Waals surface area (Å²) in [5.41, 5.74) is 1.00. The number of nitrogens with zero attached hydrogens (tertiary/aromatic N) is 1. The molecule has 0 bridgehead atoms. The molecule has 1 aromatic carbocycles. The first kappa shape index (κ1) is 10.8. The predicted octanol–water partition coefficient (Wildman–Crippen LogP) is 2.30. The van der Waals surface area contributed by atoms with Crippen molar-refractivity contribution < 1.29 is 14.3 Å². The standard InChI is InChI=1S/C14H11NO3/c15-7-11(14(16)10-2-3-10)5-9-1-4-12-13(6-9)18-8-17-12/h1,4-6,10H,2-3,8H2/b11-5-. The quantitative estimate of drug-likeness (QED) is 0.601. The SMILES string of the molecule is N#C/C(=C/c1ccc2c(c1)OCO2)C(=O)C1CC1. The average Bonchev–Trinajstić information content (AvgIpc) is 3.13. The number of hydrogen-bond donors (Lipinski definition) is 0. The van der Waals surface area contributed by atoms with Crippen LogP contribution in [0.5, 0.6) is 11.5 Å². The van der Waals surface area contributed by atoms with Crippen molar-refractivity contribution in [1.29, 1.82) is 5.26 Å². The average molecular weight is 241 g/mol. The minimum absolute atomic E-state index is 0.0461. The molecule has 1 fully saturated rings. The number of carbonyl (C=O) groups excluding carboxylic acids is 1. The molecule has 0 radical (unpaired) electrons. The number of fused-ring (bicyclic) bond motifs is 1. The van der Waals surface area contributed by atoms with Gasteiger partial charge in [-0.3, -0.25) is 4.79 Å². The predicted molar refractivity (Wildman–Crippen MR) is 63.9 cm³/mol. The third-order valence-corrected chi connectivity index (χ3v) is 3.04. The van der Waals surface area contributed by atoms with E-state index in [4.69, 9.17) is 14.7 Å². The van der Waals surface area contributed by atoms with Gasteiger partial charge >= 0.3 is 0 Å². The van der Waals surface area contributed by atoms with Crippen LogP contribution >= 0.6 is 0 Å². The Morgan fingerprint density at radius 2 is 2.11 bits per heavy atom. The molecule has 0 spiro atoms. The molecule has 1 aromatic rings. The molecule has 0 unspecified atom stereocenters. The highest BCUT2D eigenvalue weighted by atomic mass is 16.7. The van der Waals surface area contributed by atoms with E-state index in [1.165, 1.54) is 0 Å². The van der Waals surface area contributed by atoms with Crippen LogP contribution in [0.4, 0.5) is 0 Å². The Kier molecular flexibility index (Phi) is 2.52. The van der Waals surface area contributed by atoms with Crippen LogP contribution in [0.1, 0.15) is 18.4 Å². The van der Waals surface area contributed by atoms with E-state index < -0.39 is 0 Å². The highest BCUT2D eigenvalue weighted by Gasteiger charge is 2.31. The van der Waals surface area contributed by atoms with Crippen molar-refractivity contribution in [2.75, 3.05) is 6.79 Å². The highest BCUT2D eigenvalue weighted by Crippen LogP contribution is 2.35. The number of rotatable bonds is 3. The second kappa shape index (κ2) is 4.19. The second-order valence-electron chi connectivity index (χ2n) is 4.42. The lowest BCUT2D eigenvalue weighted by Crippen LogP contribution is -2.02. The van der Waals surface area contributed by atoms with Crippen molar-refractivity contribution >= 4 is 11.9 Å². The zero-order valence-corrected chi connectivity index (χ0v) is 9.68. The Labute approximate surface area is 104 Å². The summed E-state index contributed by atoms with van der Waals surface area (Å²) < 4.78 is 10.5. The maximum Gasteiger partial charge on any atom is 0.231 e. The fourth-order valence-corrected chi connectivity index (χ4v) is 1.89. The molecule has 4 nitrogen and oxygen atoms in total. The third-order valence-electron chi connectivity index (χ3n) is 3.04. The van der Waals surface area contributed by atoms with E-state index in [1.54, 1.807) is 18.2 Å². The van der Waals surface area contributed by atoms with Gasteiger partial charge in [0, 0.05) is 5.92 Å². The zero-order valence-electron chi connectivity index (χ0n) is 9.68. The third kappa shape index (κ3) is 1.95. The van der Waals surface area contributed by atoms with Gasteiger partial charge in [-0.2, -0.15) is 5.26 Å². The van der Waals surface area contributed by atoms with Crippen LogP contribution in [0.2, 0.25) is 0 Å². The van der Waals surface area contributed by atoms with Gasteiger partial charge in [-0.1, -0.05) is 6.07 Å². The van der Waals surface area contributed by atoms with Crippen molar-refractivity contribution in [2.45, 2.75) is 12.8 Å². The van der Waals surface area contributed by atoms with Crippen LogP contribution in [-0.4, -0.2) is 12.6 Å². The van der Waals surface area contributed by atoms with Crippen molar-refractivity contribution in [3.63, 3.8) is 0 Å². The number of hydrogen-bond acceptors (Lipinski definition) is 4. The van der Waals surface area contributed by atoms with Gasteiger partial charge in [-0.25, -0.2) is 0 Å². The number of benzene rings is 1. The van der Waals surface area contributed by atoms with E-state index >= 15 is 0 Å². The van der Waals surface area contributed by atoms with E-state index in [1.807, 2.05) is 12.1 Å². The van der Waals surface area contributed by atoms with Gasteiger partial charge in [0.25, 0.3) is 0 Å². The molecule has 0 aromatic heterocycles. The summed E-state index contributed by atoms with van der Waals surface area (Å²) in [4.78, 5) is 11.8. The maximum atomic E-state index is 11.8. The summed E-state index contributed by atoms with van der Waals surface area (Å²) in [5.74, 6) is 1.36. The number of Topliss-reactive ketones (excluding diaryl/α,β-unsaturated/α-hetero) is 1. The molecule has 1 aliphatic carbocycles. The minimum atomic E-state index is -0.0461. The smallest absolute Gasteiger partial charge is 0.231 e. The summed E-state index contributed by atoms with van der Waals surface area (Å²) in [5, 5.41) is 9.03. The lowest BCUT2D eigenvalue weighted by Gasteiger charge is -1.99. The van der Waals surface area contributed by atoms with Gasteiger partial charge in [0.2, 0.25) is 6.79 Å². The minimum Gasteiger partial charge on any atom is -0.454 e. The molecule has 2 aliphatic rings. The molecule has 0 amide bonds. The lowest BCUT2D eigenvalue weighted by molar-refractivity contribution is -0.116. The van der Waals surface area contributed by atoms with Crippen molar-refractivity contribution in [3.05, 3.63) is 29.3 Å². The van der Waals surface area contributed by atoms with E-state index in [0.717, 1.165) is 18.4 Å². The van der Waals surface area contributed by atoms with Gasteiger partial charge < -0.3 is 9.47 Å². The number of carbonyl (C=O) groups is 1. The van der Waals surface area contributed by atoms with Crippen molar-refractivity contribution in [2.24, 2.45) is 5.92 Å². The largest absolute Gasteiger partial charge is 0.454 e. The van der Waals surface area contributed by atoms with Crippen molar-refractivity contribution in [1.82, 2.24) is 0 Å². The van der Waals surface area contributed by atoms with E-state index in [2.05, 4.69) is 0 Å². The van der Waals surface area contributed by atoms with Gasteiger partial charge in [0.1, 0.15) is 6.07 Å². The molecule has 0 N–H and O–H groups in total. The molecule has 18 heavy (non-hydrogen) atoms. The molecular formula is C14H11NO3. The number of ether oxygens (including phenoxy) is 2. The second-order valence-corrected chi connectivity index (χ2v) is 4.42. The Balaban J connectivity index is 1.90. The molecule has 0 atom stereocenters. The van der Waals surface area contributed by atoms with E-state index in [9.17, 15) is 4.79 Å². The maximum absolute atomic E-state index is 11.8.